The highest BCUT2D eigenvalue weighted by atomic mass is 79.9. The maximum absolute atomic E-state index is 5.62. The summed E-state index contributed by atoms with van der Waals surface area (Å²) in [6.07, 6.45) is 5.97. The van der Waals surface area contributed by atoms with Crippen LogP contribution in [0, 0.1) is 0 Å². The fourth-order valence-electron chi connectivity index (χ4n) is 1.37. The van der Waals surface area contributed by atoms with Crippen molar-refractivity contribution >= 4 is 21.9 Å². The summed E-state index contributed by atoms with van der Waals surface area (Å²) in [4.78, 5) is 19.7. The van der Waals surface area contributed by atoms with Crippen LogP contribution in [0.1, 0.15) is 0 Å². The van der Waals surface area contributed by atoms with Crippen molar-refractivity contribution < 1.29 is 4.74 Å². The highest BCUT2D eigenvalue weighted by Gasteiger charge is 2.09. The van der Waals surface area contributed by atoms with Crippen LogP contribution in [-0.4, -0.2) is 34.7 Å². The first-order valence-corrected chi connectivity index (χ1v) is 6.15. The van der Waals surface area contributed by atoms with E-state index < -0.39 is 0 Å². The zero-order valence-electron chi connectivity index (χ0n) is 9.88. The molecule has 0 fully saturated rings. The van der Waals surface area contributed by atoms with Crippen LogP contribution < -0.4 is 10.5 Å². The lowest BCUT2D eigenvalue weighted by Crippen LogP contribution is -2.08. The van der Waals surface area contributed by atoms with E-state index in [2.05, 4.69) is 45.9 Å². The Morgan fingerprint density at radius 3 is 2.80 bits per heavy atom. The molecule has 0 atom stereocenters. The Bertz CT molecular complexity index is 732. The number of ether oxygens (including phenoxy) is 1. The van der Waals surface area contributed by atoms with E-state index in [1.54, 1.807) is 12.3 Å². The molecule has 100 valence electrons. The molecule has 0 aliphatic carbocycles. The Hall–Kier alpha value is -2.62. The summed E-state index contributed by atoms with van der Waals surface area (Å²) in [5, 5.41) is 3.91. The van der Waals surface area contributed by atoms with E-state index in [9.17, 15) is 0 Å². The van der Waals surface area contributed by atoms with Crippen molar-refractivity contribution in [3.8, 4) is 17.7 Å². The van der Waals surface area contributed by atoms with Crippen LogP contribution in [-0.2, 0) is 0 Å². The lowest BCUT2D eigenvalue weighted by atomic mass is 10.5. The van der Waals surface area contributed by atoms with E-state index in [-0.39, 0.29) is 17.9 Å². The molecule has 0 amide bonds. The molecule has 2 N–H and O–H groups in total. The van der Waals surface area contributed by atoms with Crippen molar-refractivity contribution in [2.45, 2.75) is 0 Å². The van der Waals surface area contributed by atoms with Crippen LogP contribution in [0.5, 0.6) is 11.8 Å². The monoisotopic (exact) mass is 334 g/mol. The van der Waals surface area contributed by atoms with Crippen molar-refractivity contribution in [3.05, 3.63) is 35.6 Å². The number of nitrogens with zero attached hydrogens (tertiary/aromatic N) is 7. The van der Waals surface area contributed by atoms with Gasteiger partial charge >= 0.3 is 6.01 Å². The third-order valence-corrected chi connectivity index (χ3v) is 2.57. The molecule has 20 heavy (non-hydrogen) atoms. The van der Waals surface area contributed by atoms with Crippen molar-refractivity contribution in [2.75, 3.05) is 5.73 Å². The number of nitrogens with two attached hydrogens (primary N) is 1. The van der Waals surface area contributed by atoms with Gasteiger partial charge in [0.25, 0.3) is 5.95 Å². The number of aromatic nitrogens is 7. The second-order valence-corrected chi connectivity index (χ2v) is 4.47. The molecule has 3 aromatic heterocycles. The fraction of sp³-hybridized carbons (Fsp3) is 0. The van der Waals surface area contributed by atoms with E-state index in [0.29, 0.717) is 5.75 Å². The van der Waals surface area contributed by atoms with Gasteiger partial charge in [0.2, 0.25) is 5.95 Å². The minimum atomic E-state index is 0.0171. The highest BCUT2D eigenvalue weighted by molar-refractivity contribution is 9.10. The third-order valence-electron chi connectivity index (χ3n) is 2.13. The number of rotatable bonds is 3. The Kier molecular flexibility index (Phi) is 3.21. The predicted molar refractivity (Wildman–Crippen MR) is 71.2 cm³/mol. The minimum Gasteiger partial charge on any atom is -0.422 e. The lowest BCUT2D eigenvalue weighted by molar-refractivity contribution is 0.436. The first kappa shape index (κ1) is 12.4. The lowest BCUT2D eigenvalue weighted by Gasteiger charge is -2.05. The summed E-state index contributed by atoms with van der Waals surface area (Å²) < 4.78 is 7.61. The van der Waals surface area contributed by atoms with E-state index in [0.717, 1.165) is 4.47 Å². The molecule has 10 heteroatoms. The molecular weight excluding hydrogens is 328 g/mol. The van der Waals surface area contributed by atoms with Gasteiger partial charge < -0.3 is 10.5 Å². The zero-order chi connectivity index (χ0) is 13.9. The number of anilines is 1. The Morgan fingerprint density at radius 1 is 1.15 bits per heavy atom. The maximum Gasteiger partial charge on any atom is 0.328 e. The number of pyridine rings is 1. The van der Waals surface area contributed by atoms with Crippen molar-refractivity contribution in [2.24, 2.45) is 0 Å². The molecule has 3 rings (SSSR count). The number of hydrogen-bond donors (Lipinski definition) is 1. The minimum absolute atomic E-state index is 0.0171. The van der Waals surface area contributed by atoms with Crippen molar-refractivity contribution in [3.63, 3.8) is 0 Å². The molecule has 0 aliphatic heterocycles. The van der Waals surface area contributed by atoms with E-state index >= 15 is 0 Å². The molecular formula is C10H7BrN8O. The molecule has 0 unspecified atom stereocenters. The quantitative estimate of drug-likeness (QED) is 0.753. The van der Waals surface area contributed by atoms with Gasteiger partial charge in [-0.05, 0) is 22.0 Å². The zero-order valence-corrected chi connectivity index (χ0v) is 11.5. The summed E-state index contributed by atoms with van der Waals surface area (Å²) in [5.41, 5.74) is 5.62. The third kappa shape index (κ3) is 2.69. The van der Waals surface area contributed by atoms with Gasteiger partial charge in [-0.1, -0.05) is 0 Å². The Balaban J connectivity index is 1.94. The maximum atomic E-state index is 5.62. The van der Waals surface area contributed by atoms with Crippen LogP contribution in [0.4, 0.5) is 5.95 Å². The summed E-state index contributed by atoms with van der Waals surface area (Å²) in [6.45, 7) is 0. The van der Waals surface area contributed by atoms with Gasteiger partial charge in [-0.25, -0.2) is 4.98 Å². The summed E-state index contributed by atoms with van der Waals surface area (Å²) in [6, 6.07) is 1.77. The molecule has 0 aliphatic rings. The molecule has 0 saturated heterocycles. The average Bonchev–Trinajstić information content (AvgIpc) is 2.91. The van der Waals surface area contributed by atoms with Crippen molar-refractivity contribution in [1.29, 1.82) is 0 Å². The molecule has 9 nitrogen and oxygen atoms in total. The molecule has 3 heterocycles. The SMILES string of the molecule is Nc1nc(Oc2cncc(Br)c2)nc(-n2cncn2)n1. The van der Waals surface area contributed by atoms with Crippen LogP contribution in [0.15, 0.2) is 35.6 Å². The fourth-order valence-corrected chi connectivity index (χ4v) is 1.72. The number of hydrogen-bond acceptors (Lipinski definition) is 8. The molecule has 3 aromatic rings. The van der Waals surface area contributed by atoms with Crippen LogP contribution >= 0.6 is 15.9 Å². The van der Waals surface area contributed by atoms with Gasteiger partial charge in [-0.3, -0.25) is 4.98 Å². The molecule has 0 aromatic carbocycles. The first-order chi connectivity index (χ1) is 9.70. The Morgan fingerprint density at radius 2 is 2.05 bits per heavy atom. The van der Waals surface area contributed by atoms with E-state index in [4.69, 9.17) is 10.5 Å². The standard InChI is InChI=1S/C10H7BrN8O/c11-6-1-7(3-13-2-6)20-10-17-8(12)16-9(18-10)19-5-14-4-15-19/h1-5H,(H2,12,16,17,18). The van der Waals surface area contributed by atoms with Crippen molar-refractivity contribution in [1.82, 2.24) is 34.7 Å². The molecule has 0 spiro atoms. The first-order valence-electron chi connectivity index (χ1n) is 5.36. The molecule has 0 saturated carbocycles. The van der Waals surface area contributed by atoms with Gasteiger partial charge in [-0.15, -0.1) is 0 Å². The summed E-state index contributed by atoms with van der Waals surface area (Å²) in [5.74, 6) is 0.700. The molecule has 0 radical (unpaired) electrons. The Labute approximate surface area is 121 Å². The summed E-state index contributed by atoms with van der Waals surface area (Å²) >= 11 is 3.29. The average molecular weight is 335 g/mol. The second-order valence-electron chi connectivity index (χ2n) is 3.56. The van der Waals surface area contributed by atoms with Gasteiger partial charge in [0.05, 0.1) is 6.20 Å². The largest absolute Gasteiger partial charge is 0.422 e. The topological polar surface area (TPSA) is 118 Å². The number of nitrogen functional groups attached to an aromatic ring is 1. The van der Waals surface area contributed by atoms with E-state index in [1.165, 1.54) is 23.5 Å². The van der Waals surface area contributed by atoms with Crippen LogP contribution in [0.3, 0.4) is 0 Å². The van der Waals surface area contributed by atoms with Crippen LogP contribution in [0.2, 0.25) is 0 Å². The normalized spacial score (nSPS) is 10.4. The second kappa shape index (κ2) is 5.17. The smallest absolute Gasteiger partial charge is 0.328 e. The van der Waals surface area contributed by atoms with Gasteiger partial charge in [0.1, 0.15) is 12.7 Å². The molecule has 0 bridgehead atoms. The number of halogens is 1. The van der Waals surface area contributed by atoms with Gasteiger partial charge in [0.15, 0.2) is 5.75 Å². The predicted octanol–water partition coefficient (Wildman–Crippen LogP) is 0.984. The van der Waals surface area contributed by atoms with Gasteiger partial charge in [0, 0.05) is 10.7 Å². The highest BCUT2D eigenvalue weighted by Crippen LogP contribution is 2.21. The van der Waals surface area contributed by atoms with E-state index in [1.807, 2.05) is 0 Å². The van der Waals surface area contributed by atoms with Gasteiger partial charge in [-0.2, -0.15) is 24.7 Å². The van der Waals surface area contributed by atoms with Crippen LogP contribution in [0.25, 0.3) is 5.95 Å². The summed E-state index contributed by atoms with van der Waals surface area (Å²) in [7, 11) is 0.